The van der Waals surface area contributed by atoms with Crippen molar-refractivity contribution < 1.29 is 28.3 Å². The third-order valence-electron chi connectivity index (χ3n) is 8.00. The number of halogens is 2. The van der Waals surface area contributed by atoms with Crippen LogP contribution in [0.1, 0.15) is 91.6 Å². The number of fused-ring (bicyclic) bond motifs is 2. The van der Waals surface area contributed by atoms with Crippen LogP contribution in [0.25, 0.3) is 5.65 Å². The average molecular weight is 683 g/mol. The van der Waals surface area contributed by atoms with E-state index in [0.29, 0.717) is 29.1 Å². The number of ether oxygens (including phenoxy) is 1. The van der Waals surface area contributed by atoms with Crippen LogP contribution >= 0.6 is 11.6 Å². The first kappa shape index (κ1) is 33.3. The Hall–Kier alpha value is -5.62. The van der Waals surface area contributed by atoms with E-state index in [0.717, 1.165) is 22.8 Å². The molecule has 1 aliphatic rings. The van der Waals surface area contributed by atoms with Gasteiger partial charge >= 0.3 is 5.97 Å². The molecule has 1 aliphatic carbocycles. The van der Waals surface area contributed by atoms with Gasteiger partial charge in [0.25, 0.3) is 17.7 Å². The highest BCUT2D eigenvalue weighted by atomic mass is 35.5. The number of nitrogens with one attached hydrogen (secondary N) is 3. The van der Waals surface area contributed by atoms with Crippen molar-refractivity contribution in [3.63, 3.8) is 0 Å². The lowest BCUT2D eigenvalue weighted by molar-refractivity contribution is 0.00682. The Bertz CT molecular complexity index is 2160. The van der Waals surface area contributed by atoms with Gasteiger partial charge in [0.1, 0.15) is 28.4 Å². The first-order valence-corrected chi connectivity index (χ1v) is 15.8. The van der Waals surface area contributed by atoms with Gasteiger partial charge < -0.3 is 20.7 Å². The number of hydrogen-bond donors (Lipinski definition) is 3. The minimum atomic E-state index is -0.739. The Balaban J connectivity index is 1.34. The van der Waals surface area contributed by atoms with Gasteiger partial charge in [-0.05, 0) is 93.6 Å². The molecule has 0 saturated heterocycles. The van der Waals surface area contributed by atoms with Crippen LogP contribution in [0, 0.1) is 12.7 Å². The van der Waals surface area contributed by atoms with E-state index < -0.39 is 41.2 Å². The Labute approximate surface area is 285 Å². The molecule has 0 spiro atoms. The van der Waals surface area contributed by atoms with Crippen LogP contribution in [0.3, 0.4) is 0 Å². The fourth-order valence-electron chi connectivity index (χ4n) is 5.73. The van der Waals surface area contributed by atoms with Crippen LogP contribution in [0.2, 0.25) is 5.02 Å². The molecule has 0 fully saturated rings. The minimum Gasteiger partial charge on any atom is -0.456 e. The van der Waals surface area contributed by atoms with E-state index in [1.807, 2.05) is 13.0 Å². The van der Waals surface area contributed by atoms with E-state index in [9.17, 15) is 23.6 Å². The summed E-state index contributed by atoms with van der Waals surface area (Å²) in [5.41, 5.74) is 2.55. The monoisotopic (exact) mass is 682 g/mol. The van der Waals surface area contributed by atoms with Crippen molar-refractivity contribution in [1.29, 1.82) is 0 Å². The summed E-state index contributed by atoms with van der Waals surface area (Å²) in [6.07, 6.45) is 2.42. The summed E-state index contributed by atoms with van der Waals surface area (Å²) in [5, 5.41) is 12.9. The summed E-state index contributed by atoms with van der Waals surface area (Å²) < 4.78 is 20.6. The maximum absolute atomic E-state index is 14.0. The topological polar surface area (TPSA) is 144 Å². The molecule has 0 unspecified atom stereocenters. The first-order chi connectivity index (χ1) is 23.3. The van der Waals surface area contributed by atoms with Crippen LogP contribution in [0.5, 0.6) is 0 Å². The molecule has 49 heavy (non-hydrogen) atoms. The second kappa shape index (κ2) is 13.1. The van der Waals surface area contributed by atoms with Gasteiger partial charge in [0, 0.05) is 11.8 Å². The predicted molar refractivity (Wildman–Crippen MR) is 182 cm³/mol. The standard InChI is InChI=1S/C36H32ClFN6O5/c1-19-22-14-15-27(24(22)13-12-23(19)35(48)49-36(2,3)4)42-34(47)30-17-29(33(46)40-21-9-7-8-20(38)16-21)41-31-25(18-39-44(30)31)32(45)43-28-11-6-5-10-26(28)37/h5-13,16-18,27H,14-15H2,1-4H3,(H,40,46)(H,42,47)(H,43,45)/t27-/m0/s1. The highest BCUT2D eigenvalue weighted by molar-refractivity contribution is 6.34. The van der Waals surface area contributed by atoms with Crippen LogP contribution in [-0.4, -0.2) is 43.9 Å². The number of rotatable bonds is 7. The SMILES string of the molecule is Cc1c(C(=O)OC(C)(C)C)ccc2c1CC[C@@H]2NC(=O)c1cc(C(=O)Nc2cccc(F)c2)nc2c(C(=O)Nc3ccccc3Cl)cnn12. The molecule has 1 atom stereocenters. The Morgan fingerprint density at radius 1 is 0.939 bits per heavy atom. The van der Waals surface area contributed by atoms with Crippen LogP contribution in [0.15, 0.2) is 72.9 Å². The van der Waals surface area contributed by atoms with Gasteiger partial charge in [-0.1, -0.05) is 35.9 Å². The lowest BCUT2D eigenvalue weighted by Gasteiger charge is -2.21. The molecule has 5 aromatic rings. The number of nitrogens with zero attached hydrogens (tertiary/aromatic N) is 3. The molecular weight excluding hydrogens is 651 g/mol. The van der Waals surface area contributed by atoms with Gasteiger partial charge in [0.2, 0.25) is 0 Å². The predicted octanol–water partition coefficient (Wildman–Crippen LogP) is 6.71. The smallest absolute Gasteiger partial charge is 0.338 e. The molecule has 11 nitrogen and oxygen atoms in total. The Morgan fingerprint density at radius 2 is 1.71 bits per heavy atom. The van der Waals surface area contributed by atoms with Crippen molar-refractivity contribution in [3.05, 3.63) is 123 Å². The molecule has 6 rings (SSSR count). The number of aromatic nitrogens is 3. The molecule has 3 N–H and O–H groups in total. The normalized spacial score (nSPS) is 13.9. The molecule has 3 aromatic carbocycles. The summed E-state index contributed by atoms with van der Waals surface area (Å²) in [6.45, 7) is 7.27. The van der Waals surface area contributed by atoms with Gasteiger partial charge in [-0.2, -0.15) is 5.10 Å². The van der Waals surface area contributed by atoms with Gasteiger partial charge in [-0.15, -0.1) is 0 Å². The van der Waals surface area contributed by atoms with Crippen molar-refractivity contribution in [2.45, 2.75) is 52.2 Å². The molecule has 2 aromatic heterocycles. The second-order valence-electron chi connectivity index (χ2n) is 12.6. The number of esters is 1. The zero-order valence-corrected chi connectivity index (χ0v) is 27.8. The van der Waals surface area contributed by atoms with E-state index >= 15 is 0 Å². The van der Waals surface area contributed by atoms with Crippen molar-refractivity contribution in [3.8, 4) is 0 Å². The summed E-state index contributed by atoms with van der Waals surface area (Å²) in [4.78, 5) is 58.0. The molecule has 250 valence electrons. The van der Waals surface area contributed by atoms with Gasteiger partial charge in [-0.3, -0.25) is 14.4 Å². The number of amides is 3. The van der Waals surface area contributed by atoms with Crippen LogP contribution < -0.4 is 16.0 Å². The summed E-state index contributed by atoms with van der Waals surface area (Å²) in [5.74, 6) is -2.92. The number of benzene rings is 3. The average Bonchev–Trinajstić information content (AvgIpc) is 3.66. The van der Waals surface area contributed by atoms with Crippen molar-refractivity contribution in [1.82, 2.24) is 19.9 Å². The molecule has 0 saturated carbocycles. The maximum atomic E-state index is 14.0. The first-order valence-electron chi connectivity index (χ1n) is 15.5. The molecule has 13 heteroatoms. The van der Waals surface area contributed by atoms with Crippen LogP contribution in [0.4, 0.5) is 15.8 Å². The molecular formula is C36H32ClFN6O5. The quantitative estimate of drug-likeness (QED) is 0.162. The Morgan fingerprint density at radius 3 is 2.45 bits per heavy atom. The molecule has 0 aliphatic heterocycles. The molecule has 0 radical (unpaired) electrons. The van der Waals surface area contributed by atoms with Crippen molar-refractivity contribution >= 4 is 52.3 Å². The van der Waals surface area contributed by atoms with Gasteiger partial charge in [0.15, 0.2) is 5.65 Å². The minimum absolute atomic E-state index is 0.0223. The zero-order chi connectivity index (χ0) is 35.0. The number of hydrogen-bond acceptors (Lipinski definition) is 7. The van der Waals surface area contributed by atoms with E-state index in [1.54, 1.807) is 51.1 Å². The van der Waals surface area contributed by atoms with E-state index in [2.05, 4.69) is 26.0 Å². The number of anilines is 2. The van der Waals surface area contributed by atoms with E-state index in [-0.39, 0.29) is 28.3 Å². The summed E-state index contributed by atoms with van der Waals surface area (Å²) in [7, 11) is 0. The Kier molecular flexibility index (Phi) is 8.91. The number of para-hydroxylation sites is 1. The van der Waals surface area contributed by atoms with Crippen molar-refractivity contribution in [2.24, 2.45) is 0 Å². The summed E-state index contributed by atoms with van der Waals surface area (Å²) >= 11 is 6.24. The van der Waals surface area contributed by atoms with Crippen molar-refractivity contribution in [2.75, 3.05) is 10.6 Å². The largest absolute Gasteiger partial charge is 0.456 e. The second-order valence-corrected chi connectivity index (χ2v) is 13.0. The fourth-order valence-corrected chi connectivity index (χ4v) is 5.91. The van der Waals surface area contributed by atoms with Gasteiger partial charge in [0.05, 0.1) is 28.5 Å². The lowest BCUT2D eigenvalue weighted by atomic mass is 9.97. The maximum Gasteiger partial charge on any atom is 0.338 e. The van der Waals surface area contributed by atoms with E-state index in [1.165, 1.54) is 35.0 Å². The molecule has 3 amide bonds. The number of carbonyl (C=O) groups is 4. The van der Waals surface area contributed by atoms with Gasteiger partial charge in [-0.25, -0.2) is 18.7 Å². The van der Waals surface area contributed by atoms with Crippen LogP contribution in [-0.2, 0) is 11.2 Å². The third-order valence-corrected chi connectivity index (χ3v) is 8.33. The van der Waals surface area contributed by atoms with E-state index in [4.69, 9.17) is 16.3 Å². The highest BCUT2D eigenvalue weighted by Crippen LogP contribution is 2.35. The highest BCUT2D eigenvalue weighted by Gasteiger charge is 2.31. The zero-order valence-electron chi connectivity index (χ0n) is 27.1. The third kappa shape index (κ3) is 7.00. The number of carbonyl (C=O) groups excluding carboxylic acids is 4. The summed E-state index contributed by atoms with van der Waals surface area (Å²) in [6, 6.07) is 16.3. The molecule has 0 bridgehead atoms. The molecule has 2 heterocycles. The fraction of sp³-hybridized carbons (Fsp3) is 0.222. The lowest BCUT2D eigenvalue weighted by Crippen LogP contribution is -2.30.